The zero-order valence-electron chi connectivity index (χ0n) is 42.1. The highest BCUT2D eigenvalue weighted by atomic mass is 19.4. The lowest BCUT2D eigenvalue weighted by Gasteiger charge is -2.46. The van der Waals surface area contributed by atoms with Gasteiger partial charge in [-0.1, -0.05) is 110 Å². The van der Waals surface area contributed by atoms with E-state index in [9.17, 15) is 110 Å². The van der Waals surface area contributed by atoms with Crippen LogP contribution in [0.2, 0.25) is 0 Å². The Morgan fingerprint density at radius 3 is 1.02 bits per heavy atom. The van der Waals surface area contributed by atoms with E-state index in [0.29, 0.717) is 12.5 Å². The first kappa shape index (κ1) is 64.0. The number of Topliss-reactive ketones (excluding diaryl/α,β-unsaturated/α-hetero) is 1. The van der Waals surface area contributed by atoms with Gasteiger partial charge in [0.2, 0.25) is 18.0 Å². The number of ketones is 1. The second kappa shape index (κ2) is 23.1. The van der Waals surface area contributed by atoms with Gasteiger partial charge in [-0.15, -0.1) is 0 Å². The summed E-state index contributed by atoms with van der Waals surface area (Å²) in [5.41, 5.74) is -26.0. The molecule has 1 aliphatic rings. The van der Waals surface area contributed by atoms with Crippen LogP contribution in [-0.4, -0.2) is 16.9 Å². The molecule has 0 N–H and O–H groups in total. The SMILES string of the molecule is FC(F)(F)c1cc([B-](c2cc(C(F)(F)F)cc(C(F)(F)F)c2)(c2cc(C(F)(F)F)cc(C(F)(F)F)c2)c2cc(C(F)(F)F)cc(C(F)(F)F)c2)cc(C(F)(F)F)c1.O=C(C[n+]1ccncc1-c1ccc(C2CCCCC2)cc1)c1ccccc1. The number of carbonyl (C=O) groups is 1. The fourth-order valence-corrected chi connectivity index (χ4v) is 10.1. The van der Waals surface area contributed by atoms with E-state index in [4.69, 9.17) is 0 Å². The third kappa shape index (κ3) is 14.7. The van der Waals surface area contributed by atoms with Gasteiger partial charge in [0.25, 0.3) is 0 Å². The molecule has 1 saturated carbocycles. The van der Waals surface area contributed by atoms with Crippen LogP contribution in [0.5, 0.6) is 0 Å². The zero-order valence-corrected chi connectivity index (χ0v) is 42.1. The maximum Gasteiger partial charge on any atom is 0.416 e. The van der Waals surface area contributed by atoms with Crippen LogP contribution >= 0.6 is 0 Å². The van der Waals surface area contributed by atoms with Crippen molar-refractivity contribution in [2.45, 2.75) is 94.0 Å². The fraction of sp³-hybridized carbons (Fsp3) is 0.268. The molecule has 6 aromatic carbocycles. The van der Waals surface area contributed by atoms with Crippen molar-refractivity contribution in [3.05, 3.63) is 202 Å². The topological polar surface area (TPSA) is 33.8 Å². The first-order valence-corrected chi connectivity index (χ1v) is 24.4. The minimum Gasteiger partial charge on any atom is -0.287 e. The molecular weight excluding hydrogens is 1180 g/mol. The van der Waals surface area contributed by atoms with Crippen molar-refractivity contribution < 1.29 is 115 Å². The molecule has 0 radical (unpaired) electrons. The van der Waals surface area contributed by atoms with E-state index in [2.05, 4.69) is 29.2 Å². The van der Waals surface area contributed by atoms with Gasteiger partial charge in [0.05, 0.1) is 56.9 Å². The number of hydrogen-bond acceptors (Lipinski definition) is 2. The summed E-state index contributed by atoms with van der Waals surface area (Å²) in [7, 11) is 0. The van der Waals surface area contributed by atoms with Gasteiger partial charge in [-0.05, 0) is 60.7 Å². The maximum atomic E-state index is 14.2. The number of hydrogen-bond donors (Lipinski definition) is 0. The highest BCUT2D eigenvalue weighted by molar-refractivity contribution is 7.20. The van der Waals surface area contributed by atoms with Crippen LogP contribution in [0.3, 0.4) is 0 Å². The largest absolute Gasteiger partial charge is 0.416 e. The van der Waals surface area contributed by atoms with Gasteiger partial charge in [-0.3, -0.25) is 9.78 Å². The second-order valence-electron chi connectivity index (χ2n) is 19.6. The lowest BCUT2D eigenvalue weighted by atomic mass is 9.12. The molecule has 3 nitrogen and oxygen atoms in total. The Hall–Kier alpha value is -7.55. The first-order chi connectivity index (χ1) is 38.6. The van der Waals surface area contributed by atoms with Gasteiger partial charge in [-0.2, -0.15) is 132 Å². The molecule has 0 atom stereocenters. The summed E-state index contributed by atoms with van der Waals surface area (Å²) in [5.74, 6) is 0.806. The Morgan fingerprint density at radius 1 is 0.417 bits per heavy atom. The molecule has 448 valence electrons. The molecule has 0 unspecified atom stereocenters. The predicted octanol–water partition coefficient (Wildman–Crippen LogP) is 16.2. The average molecular weight is 1220 g/mol. The van der Waals surface area contributed by atoms with Crippen LogP contribution in [0.4, 0.5) is 105 Å². The fourth-order valence-electron chi connectivity index (χ4n) is 10.1. The highest BCUT2D eigenvalue weighted by Gasteiger charge is 2.47. The summed E-state index contributed by atoms with van der Waals surface area (Å²) < 4.78 is 343. The average Bonchev–Trinajstić information content (AvgIpc) is 0.892. The lowest BCUT2D eigenvalue weighted by molar-refractivity contribution is -0.672. The van der Waals surface area contributed by atoms with Crippen LogP contribution in [0.1, 0.15) is 98.5 Å². The van der Waals surface area contributed by atoms with Crippen molar-refractivity contribution in [2.24, 2.45) is 0 Å². The normalized spacial score (nSPS) is 14.5. The molecule has 0 saturated heterocycles. The lowest BCUT2D eigenvalue weighted by Crippen LogP contribution is -2.75. The Morgan fingerprint density at radius 2 is 0.726 bits per heavy atom. The minimum absolute atomic E-state index is 0.104. The van der Waals surface area contributed by atoms with Gasteiger partial charge >= 0.3 is 49.4 Å². The van der Waals surface area contributed by atoms with E-state index in [-0.39, 0.29) is 5.78 Å². The summed E-state index contributed by atoms with van der Waals surface area (Å²) >= 11 is 0. The first-order valence-electron chi connectivity index (χ1n) is 24.4. The Kier molecular flexibility index (Phi) is 17.6. The molecule has 0 spiro atoms. The van der Waals surface area contributed by atoms with Crippen molar-refractivity contribution in [3.63, 3.8) is 0 Å². The molecule has 1 aliphatic carbocycles. The number of rotatable bonds is 9. The summed E-state index contributed by atoms with van der Waals surface area (Å²) in [6.07, 6.45) is -42.7. The number of nitrogens with zero attached hydrogens (tertiary/aromatic N) is 2. The van der Waals surface area contributed by atoms with Gasteiger partial charge < -0.3 is 0 Å². The molecule has 0 bridgehead atoms. The smallest absolute Gasteiger partial charge is 0.287 e. The van der Waals surface area contributed by atoms with Crippen molar-refractivity contribution in [1.82, 2.24) is 4.98 Å². The highest BCUT2D eigenvalue weighted by Crippen LogP contribution is 2.42. The molecule has 1 heterocycles. The molecule has 8 rings (SSSR count). The molecule has 1 fully saturated rings. The zero-order chi connectivity index (χ0) is 62.4. The molecule has 1 aromatic heterocycles. The summed E-state index contributed by atoms with van der Waals surface area (Å²) in [6.45, 7) is 0.312. The Balaban J connectivity index is 0.000000309. The number of carbonyl (C=O) groups excluding carboxylic acids is 1. The van der Waals surface area contributed by atoms with E-state index >= 15 is 0 Å². The van der Waals surface area contributed by atoms with Crippen molar-refractivity contribution in [1.29, 1.82) is 0 Å². The van der Waals surface area contributed by atoms with Crippen molar-refractivity contribution in [3.8, 4) is 11.3 Å². The maximum absolute atomic E-state index is 14.2. The molecule has 0 aliphatic heterocycles. The van der Waals surface area contributed by atoms with E-state index in [1.165, 1.54) is 37.7 Å². The summed E-state index contributed by atoms with van der Waals surface area (Å²) in [4.78, 5) is 16.9. The molecular formula is C56H37BF24N2O. The third-order valence-electron chi connectivity index (χ3n) is 14.0. The number of benzene rings is 6. The van der Waals surface area contributed by atoms with Gasteiger partial charge in [-0.25, -0.2) is 0 Å². The summed E-state index contributed by atoms with van der Waals surface area (Å²) in [6, 6.07) is 9.49. The van der Waals surface area contributed by atoms with Gasteiger partial charge in [0.15, 0.2) is 6.20 Å². The van der Waals surface area contributed by atoms with Crippen LogP contribution in [0.15, 0.2) is 146 Å². The monoisotopic (exact) mass is 1220 g/mol. The number of halogens is 24. The standard InChI is InChI=1S/C32H12BF24.C24H25N2O/c34-25(35,36)13-1-14(26(37,38)39)6-21(5-13)33(22-7-15(27(40,41)42)2-16(8-22)28(43,44)45,23-9-17(29(46,47)48)3-18(10-23)30(49,50)51)24-11-19(31(52,53)54)4-20(12-24)32(55,56)57;27-24(22-9-5-2-6-10-22)18-26-16-15-25-17-23(26)21-13-11-20(12-14-21)19-7-3-1-4-8-19/h1-12H;2,5-6,9-17,19H,1,3-4,7-8,18H2/q-1;+1. The van der Waals surface area contributed by atoms with Crippen LogP contribution in [0, 0.1) is 0 Å². The van der Waals surface area contributed by atoms with Crippen molar-refractivity contribution in [2.75, 3.05) is 0 Å². The van der Waals surface area contributed by atoms with Crippen LogP contribution in [-0.2, 0) is 56.0 Å². The number of alkyl halides is 24. The molecule has 28 heteroatoms. The second-order valence-corrected chi connectivity index (χ2v) is 19.6. The van der Waals surface area contributed by atoms with E-state index < -0.39 is 195 Å². The van der Waals surface area contributed by atoms with Crippen LogP contribution < -0.4 is 26.4 Å². The third-order valence-corrected chi connectivity index (χ3v) is 14.0. The van der Waals surface area contributed by atoms with Gasteiger partial charge in [0, 0.05) is 11.1 Å². The van der Waals surface area contributed by atoms with Crippen molar-refractivity contribution >= 4 is 33.8 Å². The predicted molar refractivity (Wildman–Crippen MR) is 257 cm³/mol. The summed E-state index contributed by atoms with van der Waals surface area (Å²) in [5, 5.41) is 0. The van der Waals surface area contributed by atoms with E-state index in [1.54, 1.807) is 6.20 Å². The minimum atomic E-state index is -6.13. The van der Waals surface area contributed by atoms with Gasteiger partial charge in [0.1, 0.15) is 6.15 Å². The quantitative estimate of drug-likeness (QED) is 0.0625. The molecule has 84 heavy (non-hydrogen) atoms. The number of aromatic nitrogens is 2. The van der Waals surface area contributed by atoms with E-state index in [0.717, 1.165) is 16.8 Å². The Labute approximate surface area is 459 Å². The molecule has 7 aromatic rings. The molecule has 0 amide bonds. The van der Waals surface area contributed by atoms with E-state index in [1.807, 2.05) is 47.3 Å². The van der Waals surface area contributed by atoms with Crippen LogP contribution in [0.25, 0.3) is 11.3 Å². The Bertz CT molecular complexity index is 3040.